The molecule has 0 aromatic heterocycles. The first-order chi connectivity index (χ1) is 15.6. The number of non-ortho nitro benzene ring substituents is 1. The first-order valence-electron chi connectivity index (χ1n) is 10.0. The van der Waals surface area contributed by atoms with Gasteiger partial charge in [-0.3, -0.25) is 19.8 Å². The topological polar surface area (TPSA) is 113 Å². The van der Waals surface area contributed by atoms with Gasteiger partial charge in [0, 0.05) is 29.8 Å². The van der Waals surface area contributed by atoms with Gasteiger partial charge in [-0.1, -0.05) is 18.2 Å². The van der Waals surface area contributed by atoms with Crippen LogP contribution in [0.3, 0.4) is 0 Å². The van der Waals surface area contributed by atoms with Gasteiger partial charge in [0.15, 0.2) is 5.78 Å². The lowest BCUT2D eigenvalue weighted by Crippen LogP contribution is -2.38. The summed E-state index contributed by atoms with van der Waals surface area (Å²) in [6, 6.07) is 12.0. The van der Waals surface area contributed by atoms with E-state index in [1.807, 2.05) is 6.07 Å². The lowest BCUT2D eigenvalue weighted by molar-refractivity contribution is -0.384. The first kappa shape index (κ1) is 22.1. The number of Topliss-reactive ketones (excluding diaryl/α,β-unsaturated/α-hetero) is 1. The number of benzene rings is 2. The molecule has 1 atom stereocenters. The molecule has 1 aliphatic heterocycles. The van der Waals surface area contributed by atoms with E-state index < -0.39 is 22.6 Å². The number of anilines is 1. The van der Waals surface area contributed by atoms with Crippen molar-refractivity contribution in [2.24, 2.45) is 5.73 Å². The molecule has 0 bridgehead atoms. The second kappa shape index (κ2) is 8.09. The minimum Gasteiger partial charge on any atom is -0.384 e. The lowest BCUT2D eigenvalue weighted by Gasteiger charge is -2.39. The molecular weight excluding hydrogens is 437 g/mol. The molecule has 0 unspecified atom stereocenters. The van der Waals surface area contributed by atoms with Crippen LogP contribution in [0.15, 0.2) is 71.2 Å². The smallest absolute Gasteiger partial charge is 0.384 e. The molecule has 0 radical (unpaired) electrons. The van der Waals surface area contributed by atoms with Crippen LogP contribution in [-0.4, -0.2) is 10.7 Å². The van der Waals surface area contributed by atoms with E-state index in [0.717, 1.165) is 12.1 Å². The summed E-state index contributed by atoms with van der Waals surface area (Å²) in [4.78, 5) is 25.2. The van der Waals surface area contributed by atoms with Crippen LogP contribution >= 0.6 is 0 Å². The summed E-state index contributed by atoms with van der Waals surface area (Å²) in [5.74, 6) is -1.18. The van der Waals surface area contributed by atoms with E-state index in [0.29, 0.717) is 29.8 Å². The molecule has 0 saturated heterocycles. The van der Waals surface area contributed by atoms with Crippen molar-refractivity contribution < 1.29 is 22.9 Å². The molecule has 7 nitrogen and oxygen atoms in total. The average Bonchev–Trinajstić information content (AvgIpc) is 2.78. The van der Waals surface area contributed by atoms with Crippen molar-refractivity contribution in [3.05, 3.63) is 92.4 Å². The molecule has 1 aliphatic carbocycles. The van der Waals surface area contributed by atoms with Crippen molar-refractivity contribution in [3.8, 4) is 6.07 Å². The van der Waals surface area contributed by atoms with Crippen LogP contribution in [0, 0.1) is 21.4 Å². The number of nitro groups is 1. The first-order valence-corrected chi connectivity index (χ1v) is 10.0. The number of allylic oxidation sites excluding steroid dienone is 3. The largest absolute Gasteiger partial charge is 0.416 e. The van der Waals surface area contributed by atoms with Crippen LogP contribution in [0.5, 0.6) is 0 Å². The summed E-state index contributed by atoms with van der Waals surface area (Å²) >= 11 is 0. The summed E-state index contributed by atoms with van der Waals surface area (Å²) in [7, 11) is 0. The van der Waals surface area contributed by atoms with Gasteiger partial charge in [0.1, 0.15) is 5.82 Å². The third kappa shape index (κ3) is 3.82. The van der Waals surface area contributed by atoms with Crippen molar-refractivity contribution in [3.63, 3.8) is 0 Å². The Balaban J connectivity index is 1.91. The molecule has 0 amide bonds. The number of carbonyl (C=O) groups is 1. The molecule has 168 valence electrons. The molecule has 0 spiro atoms. The number of alkyl halides is 3. The van der Waals surface area contributed by atoms with E-state index in [1.54, 1.807) is 6.07 Å². The van der Waals surface area contributed by atoms with Gasteiger partial charge in [-0.2, -0.15) is 18.4 Å². The highest BCUT2D eigenvalue weighted by molar-refractivity contribution is 6.01. The Bertz CT molecular complexity index is 1260. The van der Waals surface area contributed by atoms with Gasteiger partial charge in [-0.15, -0.1) is 0 Å². The number of carbonyl (C=O) groups excluding carboxylic acids is 1. The number of nitriles is 1. The molecule has 0 fully saturated rings. The van der Waals surface area contributed by atoms with Crippen LogP contribution in [-0.2, 0) is 11.0 Å². The maximum absolute atomic E-state index is 13.0. The van der Waals surface area contributed by atoms with Gasteiger partial charge in [0.25, 0.3) is 5.69 Å². The zero-order valence-corrected chi connectivity index (χ0v) is 17.1. The molecular formula is C23H17F3N4O3. The maximum Gasteiger partial charge on any atom is 0.416 e. The molecule has 2 aromatic rings. The van der Waals surface area contributed by atoms with Gasteiger partial charge >= 0.3 is 6.18 Å². The highest BCUT2D eigenvalue weighted by atomic mass is 19.4. The fourth-order valence-corrected chi connectivity index (χ4v) is 4.32. The number of nitro benzene ring substituents is 1. The van der Waals surface area contributed by atoms with E-state index in [9.17, 15) is 33.3 Å². The molecule has 1 heterocycles. The normalized spacial score (nSPS) is 18.8. The molecule has 10 heteroatoms. The Kier molecular flexibility index (Phi) is 5.41. The Morgan fingerprint density at radius 3 is 2.45 bits per heavy atom. The van der Waals surface area contributed by atoms with Crippen molar-refractivity contribution in [2.45, 2.75) is 31.4 Å². The number of nitrogens with two attached hydrogens (primary N) is 1. The number of nitrogens with zero attached hydrogens (tertiary/aromatic N) is 3. The van der Waals surface area contributed by atoms with Crippen molar-refractivity contribution in [1.82, 2.24) is 0 Å². The second-order valence-electron chi connectivity index (χ2n) is 7.71. The van der Waals surface area contributed by atoms with E-state index in [2.05, 4.69) is 0 Å². The molecule has 33 heavy (non-hydrogen) atoms. The van der Waals surface area contributed by atoms with Gasteiger partial charge in [0.05, 0.1) is 33.7 Å². The molecule has 2 aliphatic rings. The van der Waals surface area contributed by atoms with E-state index in [-0.39, 0.29) is 34.9 Å². The van der Waals surface area contributed by atoms with Crippen molar-refractivity contribution in [1.29, 1.82) is 5.26 Å². The second-order valence-corrected chi connectivity index (χ2v) is 7.71. The van der Waals surface area contributed by atoms with Gasteiger partial charge in [-0.25, -0.2) is 0 Å². The minimum atomic E-state index is -4.53. The SMILES string of the molecule is N#CC1=C(N)N(c2cccc([N+](=O)[O-])c2)C2=C(C(=O)CCC2)[C@H]1c1ccc(C(F)(F)F)cc1. The van der Waals surface area contributed by atoms with Crippen LogP contribution in [0.4, 0.5) is 24.5 Å². The molecule has 0 saturated carbocycles. The Morgan fingerprint density at radius 2 is 1.85 bits per heavy atom. The van der Waals surface area contributed by atoms with Crippen LogP contribution in [0.2, 0.25) is 0 Å². The number of rotatable bonds is 3. The number of ketones is 1. The van der Waals surface area contributed by atoms with Gasteiger partial charge in [-0.05, 0) is 36.6 Å². The highest BCUT2D eigenvalue weighted by Gasteiger charge is 2.41. The summed E-state index contributed by atoms with van der Waals surface area (Å²) in [6.45, 7) is 0. The number of halogens is 3. The third-order valence-electron chi connectivity index (χ3n) is 5.78. The quantitative estimate of drug-likeness (QED) is 0.520. The van der Waals surface area contributed by atoms with E-state index in [4.69, 9.17) is 5.73 Å². The fourth-order valence-electron chi connectivity index (χ4n) is 4.32. The van der Waals surface area contributed by atoms with Crippen LogP contribution in [0.25, 0.3) is 0 Å². The summed E-state index contributed by atoms with van der Waals surface area (Å²) < 4.78 is 39.1. The summed E-state index contributed by atoms with van der Waals surface area (Å²) in [5.41, 5.74) is 6.75. The van der Waals surface area contributed by atoms with E-state index >= 15 is 0 Å². The predicted molar refractivity (Wildman–Crippen MR) is 112 cm³/mol. The Labute approximate surface area is 186 Å². The predicted octanol–water partition coefficient (Wildman–Crippen LogP) is 4.92. The molecule has 4 rings (SSSR count). The fraction of sp³-hybridized carbons (Fsp3) is 0.217. The minimum absolute atomic E-state index is 0.00438. The van der Waals surface area contributed by atoms with Crippen molar-refractivity contribution in [2.75, 3.05) is 4.90 Å². The van der Waals surface area contributed by atoms with Crippen molar-refractivity contribution >= 4 is 17.2 Å². The Morgan fingerprint density at radius 1 is 1.15 bits per heavy atom. The maximum atomic E-state index is 13.0. The third-order valence-corrected chi connectivity index (χ3v) is 5.78. The zero-order valence-electron chi connectivity index (χ0n) is 17.1. The van der Waals surface area contributed by atoms with Crippen LogP contribution < -0.4 is 10.6 Å². The number of hydrogen-bond acceptors (Lipinski definition) is 6. The standard InChI is InChI=1S/C23H17F3N4O3/c24-23(25,26)14-9-7-13(8-10-14)20-17(12-27)22(28)29(18-5-2-6-19(31)21(18)20)15-3-1-4-16(11-15)30(32)33/h1,3-4,7-11,20H,2,5-6,28H2/t20-/m0/s1. The van der Waals surface area contributed by atoms with E-state index in [1.165, 1.54) is 35.2 Å². The average molecular weight is 454 g/mol. The monoisotopic (exact) mass is 454 g/mol. The zero-order chi connectivity index (χ0) is 23.9. The summed E-state index contributed by atoms with van der Waals surface area (Å²) in [5, 5.41) is 21.2. The van der Waals surface area contributed by atoms with Gasteiger partial charge in [0.2, 0.25) is 0 Å². The lowest BCUT2D eigenvalue weighted by atomic mass is 9.75. The van der Waals surface area contributed by atoms with Gasteiger partial charge < -0.3 is 5.73 Å². The summed E-state index contributed by atoms with van der Waals surface area (Å²) in [6.07, 6.45) is -3.38. The Hall–Kier alpha value is -4.13. The molecule has 2 N–H and O–H groups in total. The number of hydrogen-bond donors (Lipinski definition) is 1. The highest BCUT2D eigenvalue weighted by Crippen LogP contribution is 2.46. The van der Waals surface area contributed by atoms with Crippen LogP contribution in [0.1, 0.15) is 36.3 Å². The molecule has 2 aromatic carbocycles.